The van der Waals surface area contributed by atoms with Crippen LogP contribution in [0.4, 0.5) is 5.69 Å². The van der Waals surface area contributed by atoms with E-state index in [0.717, 1.165) is 75.5 Å². The van der Waals surface area contributed by atoms with Crippen molar-refractivity contribution in [3.05, 3.63) is 23.3 Å². The maximum atomic E-state index is 12.8. The van der Waals surface area contributed by atoms with Gasteiger partial charge in [0.15, 0.2) is 0 Å². The van der Waals surface area contributed by atoms with Gasteiger partial charge >= 0.3 is 0 Å². The molecule has 0 aliphatic carbocycles. The summed E-state index contributed by atoms with van der Waals surface area (Å²) in [4.78, 5) is 16.0. The summed E-state index contributed by atoms with van der Waals surface area (Å²) in [5.41, 5.74) is 2.79. The number of amides is 1. The minimum absolute atomic E-state index is 0.0851. The van der Waals surface area contributed by atoms with Crippen LogP contribution < -0.4 is 14.5 Å². The van der Waals surface area contributed by atoms with E-state index in [1.54, 1.807) is 12.1 Å². The molecule has 0 saturated carbocycles. The molecule has 2 N–H and O–H groups in total. The lowest BCUT2D eigenvalue weighted by Gasteiger charge is -2.26. The highest BCUT2D eigenvalue weighted by atomic mass is 32.2. The molecular weight excluding hydrogens is 366 g/mol. The van der Waals surface area contributed by atoms with Crippen molar-refractivity contribution in [2.45, 2.75) is 37.0 Å². The van der Waals surface area contributed by atoms with E-state index in [4.69, 9.17) is 4.74 Å². The van der Waals surface area contributed by atoms with Crippen LogP contribution in [0.15, 0.2) is 17.0 Å². The second-order valence-electron chi connectivity index (χ2n) is 7.70. The molecule has 1 aromatic carbocycles. The van der Waals surface area contributed by atoms with Gasteiger partial charge in [-0.15, -0.1) is 0 Å². The molecule has 3 heterocycles. The first-order valence-electron chi connectivity index (χ1n) is 9.86. The number of quaternary nitrogens is 1. The third kappa shape index (κ3) is 3.63. The van der Waals surface area contributed by atoms with Crippen LogP contribution in [0, 0.1) is 0 Å². The normalized spacial score (nSPS) is 22.9. The molecule has 1 fully saturated rings. The Morgan fingerprint density at radius 2 is 2.07 bits per heavy atom. The Morgan fingerprint density at radius 1 is 1.30 bits per heavy atom. The van der Waals surface area contributed by atoms with Crippen molar-refractivity contribution in [2.75, 3.05) is 50.8 Å². The van der Waals surface area contributed by atoms with Crippen molar-refractivity contribution in [2.24, 2.45) is 0 Å². The van der Waals surface area contributed by atoms with Crippen LogP contribution >= 0.6 is 0 Å². The Morgan fingerprint density at radius 3 is 2.85 bits per heavy atom. The molecule has 148 valence electrons. The number of morpholine rings is 1. The Hall–Kier alpha value is -1.48. The average Bonchev–Trinajstić information content (AvgIpc) is 2.93. The molecule has 0 bridgehead atoms. The molecule has 3 aliphatic rings. The van der Waals surface area contributed by atoms with Gasteiger partial charge in [-0.1, -0.05) is 0 Å². The highest BCUT2D eigenvalue weighted by Crippen LogP contribution is 2.43. The molecule has 1 amide bonds. The van der Waals surface area contributed by atoms with Crippen molar-refractivity contribution < 1.29 is 22.8 Å². The lowest BCUT2D eigenvalue weighted by Crippen LogP contribution is -3.14. The van der Waals surface area contributed by atoms with Gasteiger partial charge in [-0.05, 0) is 43.0 Å². The van der Waals surface area contributed by atoms with E-state index in [0.29, 0.717) is 11.4 Å². The van der Waals surface area contributed by atoms with Crippen LogP contribution in [-0.4, -0.2) is 60.3 Å². The second kappa shape index (κ2) is 7.50. The fraction of sp³-hybridized carbons (Fsp3) is 0.632. The van der Waals surface area contributed by atoms with E-state index in [1.165, 1.54) is 4.90 Å². The number of ether oxygens (including phenoxy) is 1. The number of nitrogens with zero attached hydrogens (tertiary/aromatic N) is 1. The number of benzene rings is 1. The highest BCUT2D eigenvalue weighted by molar-refractivity contribution is 7.89. The van der Waals surface area contributed by atoms with Crippen molar-refractivity contribution in [3.8, 4) is 0 Å². The zero-order valence-corrected chi connectivity index (χ0v) is 16.6. The molecule has 1 atom stereocenters. The first kappa shape index (κ1) is 18.9. The SMILES string of the molecule is C[C@@H]1C(=O)N2CCCc3cc(S(=O)(=O)NCCC[NH+]4CCOCC4)cc1c32. The first-order valence-corrected chi connectivity index (χ1v) is 11.3. The summed E-state index contributed by atoms with van der Waals surface area (Å²) in [6.07, 6.45) is 2.50. The second-order valence-corrected chi connectivity index (χ2v) is 9.47. The first-order chi connectivity index (χ1) is 13.0. The monoisotopic (exact) mass is 394 g/mol. The molecule has 1 saturated heterocycles. The van der Waals surface area contributed by atoms with Gasteiger partial charge in [-0.2, -0.15) is 0 Å². The number of nitrogens with one attached hydrogen (secondary N) is 2. The molecule has 8 heteroatoms. The predicted molar refractivity (Wildman–Crippen MR) is 102 cm³/mol. The van der Waals surface area contributed by atoms with Gasteiger partial charge in [0, 0.05) is 19.5 Å². The van der Waals surface area contributed by atoms with Crippen LogP contribution in [0.2, 0.25) is 0 Å². The van der Waals surface area contributed by atoms with E-state index in [2.05, 4.69) is 4.72 Å². The number of aryl methyl sites for hydroxylation is 1. The lowest BCUT2D eigenvalue weighted by molar-refractivity contribution is -0.908. The quantitative estimate of drug-likeness (QED) is 0.648. The zero-order valence-electron chi connectivity index (χ0n) is 15.8. The van der Waals surface area contributed by atoms with E-state index in [1.807, 2.05) is 11.8 Å². The smallest absolute Gasteiger partial charge is 0.240 e. The number of carbonyl (C=O) groups excluding carboxylic acids is 1. The van der Waals surface area contributed by atoms with E-state index in [9.17, 15) is 13.2 Å². The molecule has 0 aromatic heterocycles. The number of hydrogen-bond acceptors (Lipinski definition) is 4. The van der Waals surface area contributed by atoms with Crippen LogP contribution in [-0.2, 0) is 26.0 Å². The van der Waals surface area contributed by atoms with E-state index in [-0.39, 0.29) is 11.8 Å². The van der Waals surface area contributed by atoms with Gasteiger partial charge < -0.3 is 14.5 Å². The number of sulfonamides is 1. The fourth-order valence-corrected chi connectivity index (χ4v) is 5.52. The van der Waals surface area contributed by atoms with Gasteiger partial charge in [0.2, 0.25) is 15.9 Å². The number of rotatable bonds is 6. The van der Waals surface area contributed by atoms with Crippen LogP contribution in [0.1, 0.15) is 36.8 Å². The number of carbonyl (C=O) groups is 1. The molecule has 27 heavy (non-hydrogen) atoms. The molecule has 4 rings (SSSR count). The molecular formula is C19H28N3O4S+. The summed E-state index contributed by atoms with van der Waals surface area (Å²) in [6, 6.07) is 3.45. The minimum atomic E-state index is -3.57. The van der Waals surface area contributed by atoms with Gasteiger partial charge in [-0.3, -0.25) is 4.79 Å². The van der Waals surface area contributed by atoms with Gasteiger partial charge in [0.25, 0.3) is 0 Å². The third-order valence-electron chi connectivity index (χ3n) is 5.90. The Labute approximate surface area is 160 Å². The number of anilines is 1. The topological polar surface area (TPSA) is 80.2 Å². The maximum Gasteiger partial charge on any atom is 0.240 e. The summed E-state index contributed by atoms with van der Waals surface area (Å²) in [6.45, 7) is 7.52. The van der Waals surface area contributed by atoms with Gasteiger partial charge in [-0.25, -0.2) is 13.1 Å². The van der Waals surface area contributed by atoms with Crippen molar-refractivity contribution >= 4 is 21.6 Å². The van der Waals surface area contributed by atoms with Crippen LogP contribution in [0.3, 0.4) is 0 Å². The maximum absolute atomic E-state index is 12.8. The van der Waals surface area contributed by atoms with Crippen LogP contribution in [0.5, 0.6) is 0 Å². The molecule has 0 spiro atoms. The average molecular weight is 395 g/mol. The Bertz CT molecular complexity index is 834. The zero-order chi connectivity index (χ0) is 19.0. The van der Waals surface area contributed by atoms with Gasteiger partial charge in [0.05, 0.1) is 36.3 Å². The molecule has 0 unspecified atom stereocenters. The Balaban J connectivity index is 1.45. The summed E-state index contributed by atoms with van der Waals surface area (Å²) in [5.74, 6) is -0.182. The summed E-state index contributed by atoms with van der Waals surface area (Å²) in [7, 11) is -3.57. The van der Waals surface area contributed by atoms with Gasteiger partial charge in [0.1, 0.15) is 13.1 Å². The van der Waals surface area contributed by atoms with Crippen molar-refractivity contribution in [1.29, 1.82) is 0 Å². The third-order valence-corrected chi connectivity index (χ3v) is 7.34. The van der Waals surface area contributed by atoms with Crippen molar-refractivity contribution in [3.63, 3.8) is 0 Å². The van der Waals surface area contributed by atoms with Crippen LogP contribution in [0.25, 0.3) is 0 Å². The molecule has 3 aliphatic heterocycles. The predicted octanol–water partition coefficient (Wildman–Crippen LogP) is -0.334. The Kier molecular flexibility index (Phi) is 5.24. The largest absolute Gasteiger partial charge is 0.370 e. The minimum Gasteiger partial charge on any atom is -0.370 e. The summed E-state index contributed by atoms with van der Waals surface area (Å²) < 4.78 is 33.7. The summed E-state index contributed by atoms with van der Waals surface area (Å²) >= 11 is 0. The summed E-state index contributed by atoms with van der Waals surface area (Å²) in [5, 5.41) is 0. The molecule has 7 nitrogen and oxygen atoms in total. The van der Waals surface area contributed by atoms with Crippen molar-refractivity contribution in [1.82, 2.24) is 4.72 Å². The van der Waals surface area contributed by atoms with E-state index >= 15 is 0 Å². The molecule has 0 radical (unpaired) electrons. The van der Waals surface area contributed by atoms with E-state index < -0.39 is 10.0 Å². The molecule has 1 aromatic rings. The number of hydrogen-bond donors (Lipinski definition) is 2. The fourth-order valence-electron chi connectivity index (χ4n) is 4.36. The lowest BCUT2D eigenvalue weighted by atomic mass is 9.97. The highest BCUT2D eigenvalue weighted by Gasteiger charge is 2.38. The standard InChI is InChI=1S/C19H27N3O4S/c1-14-17-13-16(12-15-4-2-7-22(18(15)17)19(14)23)27(24,25)20-5-3-6-21-8-10-26-11-9-21/h12-14,20H,2-11H2,1H3/p+1/t14-/m0/s1.